The SMILES string of the molecule is [2H]C([2H])([2H])C(OC(=O)N[C@@H](c1ccccc1)[C@@H](OC(=O)CNC(=O)CCOCC)C(=O)O[C@H]1C[C@@]2(O)[C@@H](OC(=O)c3ccccc3)[C@@H]3[C@]4(OC(C)=O)CO[C@@H]4C[C@H](O)[C@@]3(C)C(=O)[C@H](O)C(=C1C)C2(C)C)(C([2H])([2H])[2H])C([2H])([2H])[2H].[2H]C([2H])([2H])O[C@H]1C(=O)[C@]2(C)[C@@H](OC([2H])([2H])[2H])C[C@H]3OC[C@@]3(OC(C)=O)[C@H]2[C@H](OC(=O)c2ccccc2)[C@]2(O)C[C@H](OC(=O)[C@H](OC(=O)C(C)NC(=O)CCOCC)[C@@H](NC(=O)OC(C([2H])([2H])[2H])(C([2H])([2H])[2H])C([2H])([2H])[2H])c3ccccc3)C(C)=C1C2(C)C. The van der Waals surface area contributed by atoms with Crippen LogP contribution in [0.25, 0.3) is 0 Å². The van der Waals surface area contributed by atoms with Crippen LogP contribution in [-0.2, 0) is 124 Å². The second-order valence-electron chi connectivity index (χ2n) is 37.3. The molecule has 12 rings (SSSR count). The number of ether oxygens (including phenoxy) is 16. The number of esters is 8. The largest absolute Gasteiger partial charge is 0.455 e. The number of Topliss-reactive ketones (excluding diaryl/α,β-unsaturated/α-hetero) is 2. The van der Waals surface area contributed by atoms with Crippen molar-refractivity contribution in [3.8, 4) is 0 Å². The van der Waals surface area contributed by atoms with Crippen molar-refractivity contribution in [3.63, 3.8) is 0 Å². The maximum absolute atomic E-state index is 16.2. The number of aliphatic hydroxyl groups excluding tert-OH is 2. The number of hydrogen-bond acceptors (Lipinski definition) is 34. The fourth-order valence-corrected chi connectivity index (χ4v) is 20.9. The van der Waals surface area contributed by atoms with Gasteiger partial charge in [-0.25, -0.2) is 33.6 Å². The topological polar surface area (TPSA) is 516 Å². The lowest BCUT2D eigenvalue weighted by atomic mass is 9.44. The molecule has 6 aliphatic carbocycles. The number of aliphatic hydroxyl groups is 4. The number of benzene rings is 4. The number of rotatable bonds is 32. The lowest BCUT2D eigenvalue weighted by Gasteiger charge is -2.67. The molecule has 4 bridgehead atoms. The molecule has 23 atom stereocenters. The van der Waals surface area contributed by atoms with Crippen molar-refractivity contribution in [2.75, 3.05) is 60.3 Å². The van der Waals surface area contributed by atoms with Crippen LogP contribution in [0.2, 0.25) is 0 Å². The summed E-state index contributed by atoms with van der Waals surface area (Å²) in [5.41, 5.74) is -28.6. The second-order valence-corrected chi connectivity index (χ2v) is 37.3. The van der Waals surface area contributed by atoms with E-state index in [1.165, 1.54) is 158 Å². The zero-order chi connectivity index (χ0) is 124. The summed E-state index contributed by atoms with van der Waals surface area (Å²) in [7, 11) is -6.88. The van der Waals surface area contributed by atoms with Crippen LogP contribution in [0.3, 0.4) is 0 Å². The van der Waals surface area contributed by atoms with Gasteiger partial charge in [0.05, 0.1) is 80.7 Å². The fraction of sp³-hybridized carbons (Fsp3) is 0.592. The molecule has 2 heterocycles. The standard InChI is InChI=1S/C53H70N2O17.C50H64N2O17/c1-13-66-25-24-37(57)54-30(3)45(59)69-41(39(32-20-16-14-17-21-32)55-48(62)72-49(5,6)7)47(61)68-34-27-53(63)44(70-46(60)33-22-18-15-19-23-33)42-51(10,43(58)40(65-12)38(29(34)2)50(53,8)9)35(64-11)26-36-52(42,28-67-36)71-31(4)56;1-10-63-22-21-34(55)51-25-35(56)66-39(37(29-17-13-11-14-18-29)52-45(61)69-46(4,5)6)44(60)65-31-24-50(62)42(67-43(59)30-19-15-12-16-20-30)40-48(9,41(58)38(57)36(27(31)2)47(50,7)8)32(54)23-33-49(40,26-64-33)68-28(3)53/h14-23,30,34-36,39-42,44,63H,13,24-28H2,1-12H3,(H,54,57)(H,55,62);11-20,31-33,37-40,42,54,57,62H,10,21-26H2,1-9H3,(H,51,55)(H,52,61)/t30?,34-,35-,36+,39-,40+,41+,42-,44-,51+,52-,53+;31-,32-,33+,37-,38+,39+,40-,42-,48+,49-,50+/m00/s1/i5D3,6D3,7D3,11D3,12D3;4D3,5D3,6D3. The zero-order valence-corrected chi connectivity index (χ0v) is 79.6. The molecule has 4 amide bonds. The third-order valence-electron chi connectivity index (χ3n) is 28.0. The third kappa shape index (κ3) is 22.3. The highest BCUT2D eigenvalue weighted by atomic mass is 16.7. The van der Waals surface area contributed by atoms with Gasteiger partial charge in [0.15, 0.2) is 22.8 Å². The molecule has 4 aromatic rings. The average Bonchev–Trinajstić information content (AvgIpc) is 0.666. The second kappa shape index (κ2) is 43.8. The minimum atomic E-state index is -4.27. The number of carbonyl (C=O) groups excluding carboxylic acids is 14. The molecular formula is C103H134N4O34. The molecule has 38 heteroatoms. The zero-order valence-electron chi connectivity index (χ0n) is 104. The summed E-state index contributed by atoms with van der Waals surface area (Å²) in [5.74, 6) is -18.0. The predicted molar refractivity (Wildman–Crippen MR) is 497 cm³/mol. The smallest absolute Gasteiger partial charge is 0.408 e. The molecule has 2 saturated heterocycles. The van der Waals surface area contributed by atoms with E-state index >= 15 is 19.2 Å². The van der Waals surface area contributed by atoms with Gasteiger partial charge in [-0.2, -0.15) is 0 Å². The van der Waals surface area contributed by atoms with Crippen molar-refractivity contribution in [1.82, 2.24) is 21.3 Å². The molecule has 770 valence electrons. The summed E-state index contributed by atoms with van der Waals surface area (Å²) in [6.07, 6.45) is -31.5. The molecule has 8 aliphatic rings. The quantitative estimate of drug-likeness (QED) is 0.00983. The molecule has 4 aromatic carbocycles. The van der Waals surface area contributed by atoms with E-state index in [2.05, 4.69) is 21.3 Å². The molecule has 38 nitrogen and oxygen atoms in total. The van der Waals surface area contributed by atoms with Crippen LogP contribution in [-0.4, -0.2) is 277 Å². The fourth-order valence-electron chi connectivity index (χ4n) is 20.9. The lowest BCUT2D eigenvalue weighted by Crippen LogP contribution is -2.82. The van der Waals surface area contributed by atoms with Crippen molar-refractivity contribution >= 4 is 83.3 Å². The average molecular weight is 2000 g/mol. The Bertz CT molecular complexity index is 6260. The van der Waals surface area contributed by atoms with Crippen LogP contribution in [0.15, 0.2) is 144 Å². The molecule has 6 fully saturated rings. The Balaban J connectivity index is 0.000000311. The van der Waals surface area contributed by atoms with Gasteiger partial charge in [0, 0.05) is 115 Å². The van der Waals surface area contributed by atoms with E-state index in [9.17, 15) is 68.4 Å². The van der Waals surface area contributed by atoms with Crippen LogP contribution < -0.4 is 21.3 Å². The Kier molecular flexibility index (Phi) is 24.8. The van der Waals surface area contributed by atoms with Crippen LogP contribution in [0.1, 0.15) is 246 Å². The van der Waals surface area contributed by atoms with Crippen molar-refractivity contribution in [2.24, 2.45) is 33.5 Å². The van der Waals surface area contributed by atoms with E-state index in [1.807, 2.05) is 0 Å². The molecule has 2 aliphatic heterocycles. The Morgan fingerprint density at radius 3 is 1.36 bits per heavy atom. The van der Waals surface area contributed by atoms with Crippen molar-refractivity contribution < 1.29 is 196 Å². The van der Waals surface area contributed by atoms with E-state index in [0.717, 1.165) is 27.7 Å². The number of fused-ring (bicyclic) bond motifs is 10. The monoisotopic (exact) mass is 2000 g/mol. The molecule has 0 aromatic heterocycles. The Labute approximate surface area is 852 Å². The third-order valence-corrected chi connectivity index (χ3v) is 28.0. The van der Waals surface area contributed by atoms with Crippen LogP contribution in [0.5, 0.6) is 0 Å². The Morgan fingerprint density at radius 1 is 0.518 bits per heavy atom. The van der Waals surface area contributed by atoms with Gasteiger partial charge in [0.2, 0.25) is 24.0 Å². The maximum atomic E-state index is 16.2. The first-order valence-corrected chi connectivity index (χ1v) is 45.4. The molecule has 8 N–H and O–H groups in total. The van der Waals surface area contributed by atoms with Crippen LogP contribution in [0.4, 0.5) is 9.59 Å². The molecule has 4 saturated carbocycles. The normalized spacial score (nSPS) is 33.1. The summed E-state index contributed by atoms with van der Waals surface area (Å²) in [6, 6.07) is 21.7. The first-order valence-electron chi connectivity index (χ1n) is 57.4. The van der Waals surface area contributed by atoms with Gasteiger partial charge in [-0.3, -0.25) is 33.6 Å². The first-order chi connectivity index (χ1) is 75.9. The van der Waals surface area contributed by atoms with E-state index in [4.69, 9.17) is 109 Å². The maximum Gasteiger partial charge on any atom is 0.408 e. The van der Waals surface area contributed by atoms with Gasteiger partial charge >= 0.3 is 59.9 Å². The number of amides is 4. The van der Waals surface area contributed by atoms with E-state index < -0.39 is 342 Å². The molecular weight excluding hydrogens is 1840 g/mol. The summed E-state index contributed by atoms with van der Waals surface area (Å²) in [5, 5.41) is 61.2. The number of ketones is 2. The van der Waals surface area contributed by atoms with Crippen molar-refractivity contribution in [3.05, 3.63) is 166 Å². The number of alkyl carbamates (subject to hydrolysis) is 2. The molecule has 0 radical (unpaired) electrons. The number of carbonyl (C=O) groups is 14. The van der Waals surface area contributed by atoms with Gasteiger partial charge in [-0.1, -0.05) is 125 Å². The van der Waals surface area contributed by atoms with Crippen molar-refractivity contribution in [2.45, 2.75) is 295 Å². The summed E-state index contributed by atoms with van der Waals surface area (Å²) >= 11 is 0. The van der Waals surface area contributed by atoms with Gasteiger partial charge in [0.1, 0.15) is 95.9 Å². The predicted octanol–water partition coefficient (Wildman–Crippen LogP) is 8.40. The molecule has 1 unspecified atom stereocenters. The van der Waals surface area contributed by atoms with Gasteiger partial charge in [-0.05, 0) is 147 Å². The van der Waals surface area contributed by atoms with Crippen molar-refractivity contribution in [1.29, 1.82) is 0 Å². The summed E-state index contributed by atoms with van der Waals surface area (Å²) in [6.45, 7) is -9.34. The van der Waals surface area contributed by atoms with E-state index in [0.29, 0.717) is 0 Å². The highest BCUT2D eigenvalue weighted by Crippen LogP contribution is 2.67. The first kappa shape index (κ1) is 80.0. The van der Waals surface area contributed by atoms with Crippen LogP contribution in [0, 0.1) is 33.5 Å². The van der Waals surface area contributed by atoms with E-state index in [1.54, 1.807) is 26.0 Å². The minimum Gasteiger partial charge on any atom is -0.455 e. The summed E-state index contributed by atoms with van der Waals surface area (Å²) < 4.78 is 287. The number of nitrogens with one attached hydrogen (secondary N) is 4. The Hall–Kier alpha value is -11.5. The van der Waals surface area contributed by atoms with Gasteiger partial charge in [-0.15, -0.1) is 0 Å². The van der Waals surface area contributed by atoms with Gasteiger partial charge < -0.3 is 117 Å². The summed E-state index contributed by atoms with van der Waals surface area (Å²) in [4.78, 5) is 200. The molecule has 0 spiro atoms. The van der Waals surface area contributed by atoms with Crippen LogP contribution >= 0.6 is 0 Å². The Morgan fingerprint density at radius 2 is 0.936 bits per heavy atom. The highest BCUT2D eigenvalue weighted by Gasteiger charge is 2.81. The van der Waals surface area contributed by atoms with E-state index in [-0.39, 0.29) is 84.7 Å². The number of hydrogen-bond donors (Lipinski definition) is 8. The lowest BCUT2D eigenvalue weighted by molar-refractivity contribution is -0.347. The minimum absolute atomic E-state index is 0.0512. The molecule has 141 heavy (non-hydrogen) atoms. The number of methoxy groups -OCH3 is 2. The van der Waals surface area contributed by atoms with Gasteiger partial charge in [0.25, 0.3) is 0 Å². The highest BCUT2D eigenvalue weighted by molar-refractivity contribution is 5.96.